The average Bonchev–Trinajstić information content (AvgIpc) is 3.28. The van der Waals surface area contributed by atoms with Crippen LogP contribution in [-0.2, 0) is 19.1 Å². The first-order chi connectivity index (χ1) is 21.1. The van der Waals surface area contributed by atoms with Crippen LogP contribution in [0.2, 0.25) is 0 Å². The number of allylic oxidation sites excluding steroid dienone is 5. The van der Waals surface area contributed by atoms with Gasteiger partial charge in [0.05, 0.1) is 16.9 Å². The van der Waals surface area contributed by atoms with Gasteiger partial charge in [0, 0.05) is 18.3 Å². The Hall–Kier alpha value is -2.20. The normalized spacial score (nSPS) is 41.9. The van der Waals surface area contributed by atoms with Gasteiger partial charge < -0.3 is 9.47 Å². The average molecular weight is 593 g/mol. The van der Waals surface area contributed by atoms with Crippen LogP contribution in [0.5, 0.6) is 0 Å². The summed E-state index contributed by atoms with van der Waals surface area (Å²) in [5, 5.41) is 0. The molecule has 0 aromatic heterocycles. The molecule has 0 heterocycles. The van der Waals surface area contributed by atoms with E-state index in [1.54, 1.807) is 33.4 Å². The predicted molar refractivity (Wildman–Crippen MR) is 168 cm³/mol. The van der Waals surface area contributed by atoms with E-state index in [1.807, 2.05) is 6.92 Å². The highest BCUT2D eigenvalue weighted by Gasteiger charge is 2.78. The van der Waals surface area contributed by atoms with Crippen molar-refractivity contribution in [3.8, 4) is 0 Å². The van der Waals surface area contributed by atoms with Gasteiger partial charge in [0.1, 0.15) is 18.0 Å². The number of hydrogen-bond acceptors (Lipinski definition) is 4. The molecule has 0 spiro atoms. The number of ketones is 1. The fourth-order valence-electron chi connectivity index (χ4n) is 13.6. The Morgan fingerprint density at radius 1 is 0.773 bits per heavy atom. The lowest BCUT2D eigenvalue weighted by atomic mass is 9.50. The zero-order valence-electron chi connectivity index (χ0n) is 27.4. The lowest BCUT2D eigenvalue weighted by Crippen LogP contribution is -2.53. The second-order valence-corrected chi connectivity index (χ2v) is 17.0. The fourth-order valence-corrected chi connectivity index (χ4v) is 13.6. The van der Waals surface area contributed by atoms with Crippen molar-refractivity contribution < 1.29 is 19.1 Å². The Labute approximate surface area is 262 Å². The predicted octanol–water partition coefficient (Wildman–Crippen LogP) is 8.43. The van der Waals surface area contributed by atoms with Crippen molar-refractivity contribution in [2.75, 3.05) is 0 Å². The van der Waals surface area contributed by atoms with Gasteiger partial charge in [-0.1, -0.05) is 54.2 Å². The Balaban J connectivity index is 0.968. The first kappa shape index (κ1) is 27.0. The summed E-state index contributed by atoms with van der Waals surface area (Å²) >= 11 is 0. The molecule has 11 aliphatic rings. The van der Waals surface area contributed by atoms with Gasteiger partial charge in [-0.05, 0) is 130 Å². The molecule has 4 nitrogen and oxygen atoms in total. The van der Waals surface area contributed by atoms with Crippen LogP contribution in [-0.4, -0.2) is 30.1 Å². The van der Waals surface area contributed by atoms with Crippen molar-refractivity contribution in [2.45, 2.75) is 136 Å². The van der Waals surface area contributed by atoms with E-state index in [2.05, 4.69) is 27.7 Å². The lowest BCUT2D eigenvalue weighted by molar-refractivity contribution is -0.165. The van der Waals surface area contributed by atoms with Gasteiger partial charge in [-0.2, -0.15) is 0 Å². The topological polar surface area (TPSA) is 52.6 Å². The van der Waals surface area contributed by atoms with Gasteiger partial charge in [0.15, 0.2) is 0 Å². The summed E-state index contributed by atoms with van der Waals surface area (Å²) in [6.45, 7) is 11.5. The summed E-state index contributed by atoms with van der Waals surface area (Å²) in [5.74, 6) is 2.32. The molecule has 232 valence electrons. The van der Waals surface area contributed by atoms with Crippen LogP contribution in [0.1, 0.15) is 118 Å². The number of hydrogen-bond donors (Lipinski definition) is 0. The van der Waals surface area contributed by atoms with Gasteiger partial charge in [-0.25, -0.2) is 0 Å². The molecule has 0 aliphatic heterocycles. The Bertz CT molecular complexity index is 1580. The third kappa shape index (κ3) is 2.86. The van der Waals surface area contributed by atoms with E-state index in [0.29, 0.717) is 35.9 Å². The van der Waals surface area contributed by atoms with E-state index in [0.717, 1.165) is 51.4 Å². The number of carbonyl (C=O) groups is 2. The molecule has 11 rings (SSSR count). The number of fused-ring (bicyclic) bond motifs is 8. The number of Topliss-reactive ketones (excluding diaryl/α,β-unsaturated/α-hetero) is 1. The number of ether oxygens (including phenoxy) is 2. The summed E-state index contributed by atoms with van der Waals surface area (Å²) in [6.07, 6.45) is 14.0. The zero-order valence-corrected chi connectivity index (χ0v) is 27.4. The molecule has 0 N–H and O–H groups in total. The molecule has 0 radical (unpaired) electrons. The fraction of sp³-hybridized carbons (Fsp3) is 0.700. The van der Waals surface area contributed by atoms with Gasteiger partial charge in [-0.3, -0.25) is 9.59 Å². The standard InChI is InChI=1S/C40H48O4/c1-6-31(41)40-16-15-39(20-17-29(39)34(40)30(40)18-20)37(42)44-36-27-13-14-28(36)24-10-9-23(27)33(24)38(4,5)32-21-7-8-22(32)26-12-11-25(21)35(26)43-19(2)3/h19-20,30,32-33,35-36H,6-18H2,1-5H3. The minimum atomic E-state index is -0.415. The van der Waals surface area contributed by atoms with E-state index in [-0.39, 0.29) is 35.1 Å². The smallest absolute Gasteiger partial charge is 0.317 e. The highest BCUT2D eigenvalue weighted by Crippen LogP contribution is 2.82. The van der Waals surface area contributed by atoms with E-state index < -0.39 is 5.41 Å². The van der Waals surface area contributed by atoms with Crippen molar-refractivity contribution in [1.82, 2.24) is 0 Å². The maximum absolute atomic E-state index is 14.3. The quantitative estimate of drug-likeness (QED) is 0.210. The third-order valence-corrected chi connectivity index (χ3v) is 15.1. The molecule has 4 atom stereocenters. The van der Waals surface area contributed by atoms with E-state index in [1.165, 1.54) is 48.0 Å². The summed E-state index contributed by atoms with van der Waals surface area (Å²) in [7, 11) is 0. The minimum Gasteiger partial charge on any atom is -0.453 e. The lowest BCUT2D eigenvalue weighted by Gasteiger charge is -2.53. The summed E-state index contributed by atoms with van der Waals surface area (Å²) in [4.78, 5) is 27.4. The molecular weight excluding hydrogens is 544 g/mol. The van der Waals surface area contributed by atoms with Crippen LogP contribution in [0.4, 0.5) is 0 Å². The number of carbonyl (C=O) groups excluding carboxylic acids is 2. The van der Waals surface area contributed by atoms with Crippen LogP contribution in [0.3, 0.4) is 0 Å². The van der Waals surface area contributed by atoms with Crippen LogP contribution in [0.25, 0.3) is 0 Å². The molecule has 4 unspecified atom stereocenters. The van der Waals surface area contributed by atoms with E-state index in [4.69, 9.17) is 9.47 Å². The number of esters is 1. The van der Waals surface area contributed by atoms with Gasteiger partial charge in [0.25, 0.3) is 0 Å². The minimum absolute atomic E-state index is 0.0522. The molecule has 11 aliphatic carbocycles. The van der Waals surface area contributed by atoms with Crippen molar-refractivity contribution in [2.24, 2.45) is 39.9 Å². The Morgan fingerprint density at radius 3 is 1.80 bits per heavy atom. The highest BCUT2D eigenvalue weighted by atomic mass is 16.5. The molecule has 0 aromatic carbocycles. The third-order valence-electron chi connectivity index (χ3n) is 15.1. The summed E-state index contributed by atoms with van der Waals surface area (Å²) < 4.78 is 13.3. The largest absolute Gasteiger partial charge is 0.453 e. The van der Waals surface area contributed by atoms with Gasteiger partial charge in [-0.15, -0.1) is 0 Å². The molecule has 12 bridgehead atoms. The molecule has 44 heavy (non-hydrogen) atoms. The first-order valence-corrected chi connectivity index (χ1v) is 18.2. The molecule has 0 amide bonds. The first-order valence-electron chi connectivity index (χ1n) is 18.2. The molecule has 0 saturated heterocycles. The van der Waals surface area contributed by atoms with Gasteiger partial charge in [0.2, 0.25) is 0 Å². The van der Waals surface area contributed by atoms with E-state index in [9.17, 15) is 9.59 Å². The molecule has 0 aromatic rings. The SMILES string of the molecule is CCC(=O)C12CCC3(C(=O)OC4C5=C6CCC(=C4CC5)C6C(C)(C)C4C5=C6CCC(=C4CC5)C6OC(C)C)C4=C1C2CC3C4. The van der Waals surface area contributed by atoms with Crippen molar-refractivity contribution >= 4 is 11.8 Å². The highest BCUT2D eigenvalue weighted by molar-refractivity contribution is 5.98. The molecule has 6 saturated carbocycles. The van der Waals surface area contributed by atoms with Crippen molar-refractivity contribution in [3.63, 3.8) is 0 Å². The summed E-state index contributed by atoms with van der Waals surface area (Å²) in [6, 6.07) is 0. The van der Waals surface area contributed by atoms with Crippen molar-refractivity contribution in [1.29, 1.82) is 0 Å². The van der Waals surface area contributed by atoms with Crippen LogP contribution in [0, 0.1) is 39.9 Å². The maximum Gasteiger partial charge on any atom is 0.317 e. The van der Waals surface area contributed by atoms with Gasteiger partial charge >= 0.3 is 5.97 Å². The molecule has 6 fully saturated rings. The second-order valence-electron chi connectivity index (χ2n) is 17.0. The summed E-state index contributed by atoms with van der Waals surface area (Å²) in [5.41, 5.74) is 15.1. The Kier molecular flexibility index (Phi) is 5.14. The number of rotatable bonds is 8. The van der Waals surface area contributed by atoms with Crippen LogP contribution >= 0.6 is 0 Å². The molecule has 4 heteroatoms. The zero-order chi connectivity index (χ0) is 30.1. The molecular formula is C40H48O4. The van der Waals surface area contributed by atoms with E-state index >= 15 is 0 Å². The van der Waals surface area contributed by atoms with Crippen molar-refractivity contribution in [3.05, 3.63) is 55.7 Å². The maximum atomic E-state index is 14.3. The second kappa shape index (κ2) is 8.38. The monoisotopic (exact) mass is 592 g/mol. The van der Waals surface area contributed by atoms with Crippen LogP contribution in [0.15, 0.2) is 55.7 Å². The van der Waals surface area contributed by atoms with Crippen LogP contribution < -0.4 is 0 Å². The Morgan fingerprint density at radius 2 is 1.27 bits per heavy atom.